The van der Waals surface area contributed by atoms with Crippen LogP contribution in [0.25, 0.3) is 0 Å². The largest absolute Gasteiger partial charge is 0.489 e. The number of anilines is 1. The molecule has 7 nitrogen and oxygen atoms in total. The molecule has 0 bridgehead atoms. The van der Waals surface area contributed by atoms with Gasteiger partial charge in [0.2, 0.25) is 5.91 Å². The first-order valence-corrected chi connectivity index (χ1v) is 9.68. The summed E-state index contributed by atoms with van der Waals surface area (Å²) in [6, 6.07) is 18.8. The number of hydrogen-bond donors (Lipinski definition) is 2. The maximum Gasteiger partial charge on any atom is 0.255 e. The number of rotatable bonds is 9. The van der Waals surface area contributed by atoms with Gasteiger partial charge in [-0.2, -0.15) is 0 Å². The zero-order valence-corrected chi connectivity index (χ0v) is 17.4. The van der Waals surface area contributed by atoms with E-state index in [0.29, 0.717) is 47.3 Å². The summed E-state index contributed by atoms with van der Waals surface area (Å²) in [5.41, 5.74) is 7.72. The minimum absolute atomic E-state index is 0.266. The molecule has 0 aliphatic rings. The van der Waals surface area contributed by atoms with E-state index >= 15 is 0 Å². The summed E-state index contributed by atoms with van der Waals surface area (Å²) in [6.45, 7) is 2.79. The molecule has 160 valence electrons. The lowest BCUT2D eigenvalue weighted by Gasteiger charge is -2.13. The second-order valence-electron chi connectivity index (χ2n) is 6.81. The standard InChI is InChI=1S/C24H24N2O5/c1-16-3-12-21(22(15-16)30-14-13-29-2)26-24(28)18-6-10-20(11-7-18)31-19-8-4-17(5-9-19)23(25)27/h3-12,15H,13-14H2,1-2H3,(H2,25,27)(H,26,28). The minimum Gasteiger partial charge on any atom is -0.489 e. The van der Waals surface area contributed by atoms with Gasteiger partial charge in [-0.3, -0.25) is 9.59 Å². The van der Waals surface area contributed by atoms with Gasteiger partial charge in [-0.1, -0.05) is 6.07 Å². The van der Waals surface area contributed by atoms with Gasteiger partial charge in [0.15, 0.2) is 0 Å². The average molecular weight is 420 g/mol. The first kappa shape index (κ1) is 21.9. The first-order valence-electron chi connectivity index (χ1n) is 9.68. The molecule has 3 rings (SSSR count). The molecule has 2 amide bonds. The molecule has 0 aliphatic heterocycles. The highest BCUT2D eigenvalue weighted by Crippen LogP contribution is 2.27. The van der Waals surface area contributed by atoms with Gasteiger partial charge >= 0.3 is 0 Å². The molecule has 0 radical (unpaired) electrons. The van der Waals surface area contributed by atoms with Crippen LogP contribution in [0.4, 0.5) is 5.69 Å². The Labute approximate surface area is 180 Å². The maximum atomic E-state index is 12.7. The van der Waals surface area contributed by atoms with Crippen molar-refractivity contribution in [1.82, 2.24) is 0 Å². The number of hydrogen-bond acceptors (Lipinski definition) is 5. The van der Waals surface area contributed by atoms with Crippen LogP contribution >= 0.6 is 0 Å². The lowest BCUT2D eigenvalue weighted by Crippen LogP contribution is -2.14. The zero-order chi connectivity index (χ0) is 22.2. The fraction of sp³-hybridized carbons (Fsp3) is 0.167. The van der Waals surface area contributed by atoms with E-state index < -0.39 is 5.91 Å². The molecule has 7 heteroatoms. The number of carbonyl (C=O) groups excluding carboxylic acids is 2. The molecule has 3 N–H and O–H groups in total. The SMILES string of the molecule is COCCOc1cc(C)ccc1NC(=O)c1ccc(Oc2ccc(C(N)=O)cc2)cc1. The van der Waals surface area contributed by atoms with Crippen LogP contribution in [0.1, 0.15) is 26.3 Å². The Kier molecular flexibility index (Phi) is 7.24. The minimum atomic E-state index is -0.497. The van der Waals surface area contributed by atoms with Gasteiger partial charge in [0, 0.05) is 18.2 Å². The van der Waals surface area contributed by atoms with E-state index in [4.69, 9.17) is 19.9 Å². The van der Waals surface area contributed by atoms with Gasteiger partial charge in [0.1, 0.15) is 23.9 Å². The van der Waals surface area contributed by atoms with Gasteiger partial charge in [-0.25, -0.2) is 0 Å². The number of methoxy groups -OCH3 is 1. The number of aryl methyl sites for hydroxylation is 1. The third kappa shape index (κ3) is 6.07. The van der Waals surface area contributed by atoms with Crippen LogP contribution in [0.3, 0.4) is 0 Å². The van der Waals surface area contributed by atoms with E-state index in [-0.39, 0.29) is 5.91 Å². The summed E-state index contributed by atoms with van der Waals surface area (Å²) in [5, 5.41) is 2.88. The number of primary amides is 1. The lowest BCUT2D eigenvalue weighted by molar-refractivity contribution is 0.0997. The highest BCUT2D eigenvalue weighted by molar-refractivity contribution is 6.05. The Hall–Kier alpha value is -3.84. The van der Waals surface area contributed by atoms with Crippen molar-refractivity contribution < 1.29 is 23.8 Å². The molecule has 0 atom stereocenters. The average Bonchev–Trinajstić information content (AvgIpc) is 2.76. The number of nitrogens with one attached hydrogen (secondary N) is 1. The number of amides is 2. The smallest absolute Gasteiger partial charge is 0.255 e. The van der Waals surface area contributed by atoms with E-state index in [2.05, 4.69) is 5.32 Å². The van der Waals surface area contributed by atoms with Crippen molar-refractivity contribution in [2.24, 2.45) is 5.73 Å². The van der Waals surface area contributed by atoms with E-state index in [1.54, 1.807) is 55.6 Å². The third-order valence-electron chi connectivity index (χ3n) is 4.42. The molecule has 0 saturated heterocycles. The van der Waals surface area contributed by atoms with Crippen LogP contribution in [-0.4, -0.2) is 32.1 Å². The fourth-order valence-electron chi connectivity index (χ4n) is 2.78. The molecule has 0 aliphatic carbocycles. The van der Waals surface area contributed by atoms with Crippen molar-refractivity contribution in [1.29, 1.82) is 0 Å². The summed E-state index contributed by atoms with van der Waals surface area (Å²) in [5.74, 6) is 0.937. The number of ether oxygens (including phenoxy) is 3. The van der Waals surface area contributed by atoms with E-state index in [1.807, 2.05) is 25.1 Å². The Morgan fingerprint density at radius 3 is 2.06 bits per heavy atom. The Balaban J connectivity index is 1.66. The third-order valence-corrected chi connectivity index (χ3v) is 4.42. The predicted molar refractivity (Wildman–Crippen MR) is 118 cm³/mol. The summed E-state index contributed by atoms with van der Waals surface area (Å²) in [4.78, 5) is 23.8. The molecular formula is C24H24N2O5. The highest BCUT2D eigenvalue weighted by atomic mass is 16.5. The normalized spacial score (nSPS) is 10.4. The quantitative estimate of drug-likeness (QED) is 0.506. The maximum absolute atomic E-state index is 12.7. The van der Waals surface area contributed by atoms with Gasteiger partial charge in [0.25, 0.3) is 5.91 Å². The molecule has 3 aromatic rings. The fourth-order valence-corrected chi connectivity index (χ4v) is 2.78. The second-order valence-corrected chi connectivity index (χ2v) is 6.81. The van der Waals surface area contributed by atoms with Gasteiger partial charge in [-0.05, 0) is 73.2 Å². The molecular weight excluding hydrogens is 396 g/mol. The number of nitrogens with two attached hydrogens (primary N) is 1. The number of carbonyl (C=O) groups is 2. The van der Waals surface area contributed by atoms with Crippen LogP contribution in [-0.2, 0) is 4.74 Å². The molecule has 0 heterocycles. The van der Waals surface area contributed by atoms with E-state index in [1.165, 1.54) is 0 Å². The van der Waals surface area contributed by atoms with Gasteiger partial charge < -0.3 is 25.3 Å². The first-order chi connectivity index (χ1) is 15.0. The zero-order valence-electron chi connectivity index (χ0n) is 17.4. The summed E-state index contributed by atoms with van der Waals surface area (Å²) in [6.07, 6.45) is 0. The second kappa shape index (κ2) is 10.3. The van der Waals surface area contributed by atoms with Crippen molar-refractivity contribution in [3.05, 3.63) is 83.4 Å². The van der Waals surface area contributed by atoms with Gasteiger partial charge in [0.05, 0.1) is 12.3 Å². The number of benzene rings is 3. The van der Waals surface area contributed by atoms with E-state index in [9.17, 15) is 9.59 Å². The van der Waals surface area contributed by atoms with Crippen molar-refractivity contribution in [3.63, 3.8) is 0 Å². The van der Waals surface area contributed by atoms with Crippen molar-refractivity contribution in [2.45, 2.75) is 6.92 Å². The molecule has 3 aromatic carbocycles. The van der Waals surface area contributed by atoms with Crippen molar-refractivity contribution in [3.8, 4) is 17.2 Å². The molecule has 31 heavy (non-hydrogen) atoms. The Morgan fingerprint density at radius 1 is 0.871 bits per heavy atom. The summed E-state index contributed by atoms with van der Waals surface area (Å²) >= 11 is 0. The van der Waals surface area contributed by atoms with Gasteiger partial charge in [-0.15, -0.1) is 0 Å². The molecule has 0 fully saturated rings. The van der Waals surface area contributed by atoms with Crippen LogP contribution in [0, 0.1) is 6.92 Å². The van der Waals surface area contributed by atoms with Crippen LogP contribution in [0.5, 0.6) is 17.2 Å². The highest BCUT2D eigenvalue weighted by Gasteiger charge is 2.11. The Morgan fingerprint density at radius 2 is 1.48 bits per heavy atom. The summed E-state index contributed by atoms with van der Waals surface area (Å²) < 4.78 is 16.5. The Bertz CT molecular complexity index is 1050. The van der Waals surface area contributed by atoms with Crippen LogP contribution < -0.4 is 20.5 Å². The lowest BCUT2D eigenvalue weighted by atomic mass is 10.1. The predicted octanol–water partition coefficient (Wildman–Crippen LogP) is 4.16. The van der Waals surface area contributed by atoms with E-state index in [0.717, 1.165) is 5.56 Å². The topological polar surface area (TPSA) is 99.9 Å². The molecule has 0 aromatic heterocycles. The van der Waals surface area contributed by atoms with Crippen LogP contribution in [0.2, 0.25) is 0 Å². The summed E-state index contributed by atoms with van der Waals surface area (Å²) in [7, 11) is 1.60. The molecule has 0 spiro atoms. The van der Waals surface area contributed by atoms with Crippen molar-refractivity contribution in [2.75, 3.05) is 25.6 Å². The monoisotopic (exact) mass is 420 g/mol. The molecule has 0 unspecified atom stereocenters. The van der Waals surface area contributed by atoms with Crippen LogP contribution in [0.15, 0.2) is 66.7 Å². The van der Waals surface area contributed by atoms with Crippen molar-refractivity contribution >= 4 is 17.5 Å². The molecule has 0 saturated carbocycles.